The molecule has 4 heteroatoms. The Hall–Kier alpha value is -0.670. The van der Waals surface area contributed by atoms with Crippen molar-refractivity contribution in [1.82, 2.24) is 4.90 Å². The summed E-state index contributed by atoms with van der Waals surface area (Å²) in [4.78, 5) is 13.7. The lowest BCUT2D eigenvalue weighted by atomic mass is 10.2. The van der Waals surface area contributed by atoms with Crippen molar-refractivity contribution in [3.05, 3.63) is 34.9 Å². The average Bonchev–Trinajstić information content (AvgIpc) is 2.61. The Bertz CT molecular complexity index is 391. The Balaban J connectivity index is 2.26. The fourth-order valence-corrected chi connectivity index (χ4v) is 3.33. The van der Waals surface area contributed by atoms with Gasteiger partial charge in [0.05, 0.1) is 5.75 Å². The van der Waals surface area contributed by atoms with E-state index in [1.165, 1.54) is 0 Å². The van der Waals surface area contributed by atoms with Gasteiger partial charge in [0.1, 0.15) is 5.37 Å². The molecule has 0 saturated carbocycles. The van der Waals surface area contributed by atoms with Crippen molar-refractivity contribution in [1.29, 1.82) is 0 Å². The van der Waals surface area contributed by atoms with Crippen LogP contribution in [0.5, 0.6) is 0 Å². The molecule has 1 unspecified atom stereocenters. The number of benzene rings is 1. The lowest BCUT2D eigenvalue weighted by Gasteiger charge is -2.28. The van der Waals surface area contributed by atoms with E-state index in [4.69, 9.17) is 11.6 Å². The molecule has 2 rings (SSSR count). The maximum atomic E-state index is 11.7. The lowest BCUT2D eigenvalue weighted by Crippen LogP contribution is -2.34. The molecule has 1 heterocycles. The summed E-state index contributed by atoms with van der Waals surface area (Å²) in [6.45, 7) is 4.10. The van der Waals surface area contributed by atoms with Gasteiger partial charge in [-0.2, -0.15) is 0 Å². The van der Waals surface area contributed by atoms with Crippen LogP contribution in [0.15, 0.2) is 24.3 Å². The molecule has 1 saturated heterocycles. The highest BCUT2D eigenvalue weighted by atomic mass is 35.5. The van der Waals surface area contributed by atoms with Gasteiger partial charge in [0.15, 0.2) is 0 Å². The summed E-state index contributed by atoms with van der Waals surface area (Å²) in [5.74, 6) is 0.797. The first-order chi connectivity index (χ1) is 7.59. The van der Waals surface area contributed by atoms with Crippen molar-refractivity contribution in [2.75, 3.05) is 5.75 Å². The van der Waals surface area contributed by atoms with Crippen LogP contribution in [0.1, 0.15) is 24.8 Å². The number of nitrogens with zero attached hydrogens (tertiary/aromatic N) is 1. The van der Waals surface area contributed by atoms with Crippen molar-refractivity contribution < 1.29 is 4.79 Å². The van der Waals surface area contributed by atoms with Gasteiger partial charge in [0, 0.05) is 11.1 Å². The Labute approximate surface area is 105 Å². The maximum absolute atomic E-state index is 11.7. The van der Waals surface area contributed by atoms with Gasteiger partial charge in [-0.05, 0) is 31.5 Å². The summed E-state index contributed by atoms with van der Waals surface area (Å²) in [5.41, 5.74) is 1.15. The third kappa shape index (κ3) is 2.20. The molecule has 1 amide bonds. The molecule has 0 N–H and O–H groups in total. The van der Waals surface area contributed by atoms with Gasteiger partial charge in [-0.25, -0.2) is 0 Å². The molecule has 16 heavy (non-hydrogen) atoms. The highest BCUT2D eigenvalue weighted by Crippen LogP contribution is 2.39. The van der Waals surface area contributed by atoms with E-state index in [0.717, 1.165) is 10.6 Å². The zero-order valence-corrected chi connectivity index (χ0v) is 10.9. The summed E-state index contributed by atoms with van der Waals surface area (Å²) in [7, 11) is 0. The van der Waals surface area contributed by atoms with E-state index in [1.807, 2.05) is 43.0 Å². The normalized spacial score (nSPS) is 20.9. The van der Waals surface area contributed by atoms with Gasteiger partial charge in [0.2, 0.25) is 5.91 Å². The first kappa shape index (κ1) is 11.8. The van der Waals surface area contributed by atoms with E-state index in [1.54, 1.807) is 11.8 Å². The van der Waals surface area contributed by atoms with Gasteiger partial charge in [-0.15, -0.1) is 11.8 Å². The highest BCUT2D eigenvalue weighted by molar-refractivity contribution is 8.00. The predicted molar refractivity (Wildman–Crippen MR) is 68.6 cm³/mol. The second-order valence-corrected chi connectivity index (χ2v) is 5.61. The molecule has 1 atom stereocenters. The van der Waals surface area contributed by atoms with E-state index < -0.39 is 0 Å². The molecule has 2 nitrogen and oxygen atoms in total. The van der Waals surface area contributed by atoms with Crippen molar-refractivity contribution in [2.45, 2.75) is 25.3 Å². The maximum Gasteiger partial charge on any atom is 0.234 e. The standard InChI is InChI=1S/C12H14ClNOS/c1-8(2)14-11(15)7-16-12(14)9-3-5-10(13)6-4-9/h3-6,8,12H,7H2,1-2H3. The van der Waals surface area contributed by atoms with Crippen molar-refractivity contribution in [3.8, 4) is 0 Å². The minimum atomic E-state index is 0.143. The fourth-order valence-electron chi connectivity index (χ4n) is 1.88. The minimum Gasteiger partial charge on any atom is -0.323 e. The van der Waals surface area contributed by atoms with E-state index in [9.17, 15) is 4.79 Å². The Morgan fingerprint density at radius 3 is 2.56 bits per heavy atom. The van der Waals surface area contributed by atoms with E-state index in [-0.39, 0.29) is 17.3 Å². The van der Waals surface area contributed by atoms with E-state index in [2.05, 4.69) is 0 Å². The quantitative estimate of drug-likeness (QED) is 0.808. The molecule has 1 aliphatic heterocycles. The summed E-state index contributed by atoms with van der Waals surface area (Å²) < 4.78 is 0. The summed E-state index contributed by atoms with van der Waals surface area (Å²) in [6.07, 6.45) is 0. The van der Waals surface area contributed by atoms with Crippen LogP contribution in [-0.2, 0) is 4.79 Å². The number of hydrogen-bond donors (Lipinski definition) is 0. The van der Waals surface area contributed by atoms with Gasteiger partial charge in [-0.1, -0.05) is 23.7 Å². The molecule has 0 spiro atoms. The lowest BCUT2D eigenvalue weighted by molar-refractivity contribution is -0.129. The van der Waals surface area contributed by atoms with Crippen molar-refractivity contribution in [3.63, 3.8) is 0 Å². The Morgan fingerprint density at radius 1 is 1.38 bits per heavy atom. The van der Waals surface area contributed by atoms with Crippen molar-refractivity contribution in [2.24, 2.45) is 0 Å². The van der Waals surface area contributed by atoms with Crippen LogP contribution in [-0.4, -0.2) is 22.6 Å². The Kier molecular flexibility index (Phi) is 3.45. The predicted octanol–water partition coefficient (Wildman–Crippen LogP) is 3.32. The number of amides is 1. The van der Waals surface area contributed by atoms with Gasteiger partial charge in [-0.3, -0.25) is 4.79 Å². The Morgan fingerprint density at radius 2 is 2.00 bits per heavy atom. The first-order valence-corrected chi connectivity index (χ1v) is 6.70. The van der Waals surface area contributed by atoms with Crippen LogP contribution >= 0.6 is 23.4 Å². The molecule has 1 fully saturated rings. The first-order valence-electron chi connectivity index (χ1n) is 5.28. The summed E-state index contributed by atoms with van der Waals surface area (Å²) in [5, 5.41) is 0.874. The second-order valence-electron chi connectivity index (χ2n) is 4.11. The molecule has 0 radical (unpaired) electrons. The number of carbonyl (C=O) groups is 1. The molecule has 86 valence electrons. The fraction of sp³-hybridized carbons (Fsp3) is 0.417. The smallest absolute Gasteiger partial charge is 0.234 e. The number of thioether (sulfide) groups is 1. The number of hydrogen-bond acceptors (Lipinski definition) is 2. The van der Waals surface area contributed by atoms with Crippen LogP contribution in [0.25, 0.3) is 0 Å². The molecule has 0 bridgehead atoms. The number of rotatable bonds is 2. The zero-order valence-electron chi connectivity index (χ0n) is 9.31. The average molecular weight is 256 g/mol. The number of halogens is 1. The molecular formula is C12H14ClNOS. The second kappa shape index (κ2) is 4.68. The molecule has 1 aliphatic rings. The largest absolute Gasteiger partial charge is 0.323 e. The summed E-state index contributed by atoms with van der Waals surface area (Å²) in [6, 6.07) is 7.97. The molecule has 0 aromatic heterocycles. The van der Waals surface area contributed by atoms with Crippen LogP contribution in [0.3, 0.4) is 0 Å². The molecule has 0 aliphatic carbocycles. The topological polar surface area (TPSA) is 20.3 Å². The molecular weight excluding hydrogens is 242 g/mol. The van der Waals surface area contributed by atoms with Crippen molar-refractivity contribution >= 4 is 29.3 Å². The van der Waals surface area contributed by atoms with Crippen LogP contribution in [0.2, 0.25) is 5.02 Å². The third-order valence-corrected chi connectivity index (χ3v) is 4.10. The minimum absolute atomic E-state index is 0.143. The summed E-state index contributed by atoms with van der Waals surface area (Å²) >= 11 is 7.54. The van der Waals surface area contributed by atoms with Gasteiger partial charge < -0.3 is 4.90 Å². The van der Waals surface area contributed by atoms with Crippen LogP contribution in [0, 0.1) is 0 Å². The zero-order chi connectivity index (χ0) is 11.7. The number of carbonyl (C=O) groups excluding carboxylic acids is 1. The van der Waals surface area contributed by atoms with Gasteiger partial charge in [0.25, 0.3) is 0 Å². The van der Waals surface area contributed by atoms with Crippen LogP contribution in [0.4, 0.5) is 0 Å². The third-order valence-electron chi connectivity index (χ3n) is 2.62. The van der Waals surface area contributed by atoms with Gasteiger partial charge >= 0.3 is 0 Å². The highest BCUT2D eigenvalue weighted by Gasteiger charge is 2.34. The van der Waals surface area contributed by atoms with E-state index in [0.29, 0.717) is 5.75 Å². The molecule has 1 aromatic carbocycles. The van der Waals surface area contributed by atoms with Crippen LogP contribution < -0.4 is 0 Å². The SMILES string of the molecule is CC(C)N1C(=O)CSC1c1ccc(Cl)cc1. The van der Waals surface area contributed by atoms with E-state index >= 15 is 0 Å². The monoisotopic (exact) mass is 255 g/mol. The molecule has 1 aromatic rings.